The Kier molecular flexibility index (Phi) is 9.06. The van der Waals surface area contributed by atoms with Crippen LogP contribution in [0.2, 0.25) is 25.7 Å². The van der Waals surface area contributed by atoms with Crippen LogP contribution < -0.4 is 11.2 Å². The zero-order chi connectivity index (χ0) is 27.4. The highest BCUT2D eigenvalue weighted by molar-refractivity contribution is 6.76. The first kappa shape index (κ1) is 29.1. The van der Waals surface area contributed by atoms with E-state index < -0.39 is 44.4 Å². The molecule has 200 valence electrons. The second-order valence-electron chi connectivity index (χ2n) is 11.9. The number of rotatable bonds is 10. The minimum atomic E-state index is -1.35. The molecule has 2 aromatic rings. The first-order valence-corrected chi connectivity index (χ1v) is 16.5. The molecule has 1 atom stereocenters. The van der Waals surface area contributed by atoms with Crippen LogP contribution in [-0.2, 0) is 36.6 Å². The fourth-order valence-electron chi connectivity index (χ4n) is 3.79. The summed E-state index contributed by atoms with van der Waals surface area (Å²) in [7, 11) is -1.96. The molecule has 2 N–H and O–H groups in total. The van der Waals surface area contributed by atoms with Crippen molar-refractivity contribution in [2.24, 2.45) is 5.73 Å². The van der Waals surface area contributed by atoms with Gasteiger partial charge in [-0.15, -0.1) is 0 Å². The lowest BCUT2D eigenvalue weighted by Gasteiger charge is -2.32. The first-order chi connectivity index (χ1) is 17.2. The van der Waals surface area contributed by atoms with Crippen molar-refractivity contribution in [2.75, 3.05) is 6.61 Å². The molecule has 0 spiro atoms. The summed E-state index contributed by atoms with van der Waals surface area (Å²) >= 11 is 0. The van der Waals surface area contributed by atoms with Crippen molar-refractivity contribution < 1.29 is 28.4 Å². The zero-order valence-electron chi connectivity index (χ0n) is 23.1. The largest absolute Gasteiger partial charge is 0.494 e. The monoisotopic (exact) mass is 525 g/mol. The summed E-state index contributed by atoms with van der Waals surface area (Å²) in [6.45, 7) is 15.1. The summed E-state index contributed by atoms with van der Waals surface area (Å²) < 4.78 is 23.4. The van der Waals surface area contributed by atoms with E-state index in [0.29, 0.717) is 17.7 Å². The molecule has 1 aliphatic rings. The Hall–Kier alpha value is -2.46. The van der Waals surface area contributed by atoms with Gasteiger partial charge in [0.2, 0.25) is 0 Å². The molecule has 0 aromatic heterocycles. The maximum Gasteiger partial charge on any atom is 0.494 e. The molecular weight excluding hydrogens is 485 g/mol. The van der Waals surface area contributed by atoms with Crippen molar-refractivity contribution >= 4 is 32.6 Å². The molecule has 1 heterocycles. The highest BCUT2D eigenvalue weighted by atomic mass is 28.3. The van der Waals surface area contributed by atoms with Crippen molar-refractivity contribution in [3.63, 3.8) is 0 Å². The highest BCUT2D eigenvalue weighted by Crippen LogP contribution is 2.36. The van der Waals surface area contributed by atoms with Crippen LogP contribution in [0.4, 0.5) is 0 Å². The van der Waals surface area contributed by atoms with Crippen molar-refractivity contribution in [1.29, 1.82) is 0 Å². The van der Waals surface area contributed by atoms with Crippen molar-refractivity contribution in [3.8, 4) is 0 Å². The Morgan fingerprint density at radius 2 is 1.59 bits per heavy atom. The second kappa shape index (κ2) is 11.5. The van der Waals surface area contributed by atoms with E-state index in [-0.39, 0.29) is 13.0 Å². The summed E-state index contributed by atoms with van der Waals surface area (Å²) in [4.78, 5) is 25.7. The van der Waals surface area contributed by atoms with Gasteiger partial charge in [-0.2, -0.15) is 0 Å². The third-order valence-electron chi connectivity index (χ3n) is 6.93. The Balaban J connectivity index is 1.81. The lowest BCUT2D eigenvalue weighted by Crippen LogP contribution is -2.41. The first-order valence-electron chi connectivity index (χ1n) is 12.8. The van der Waals surface area contributed by atoms with E-state index in [1.54, 1.807) is 12.1 Å². The van der Waals surface area contributed by atoms with Gasteiger partial charge in [0.1, 0.15) is 12.6 Å². The summed E-state index contributed by atoms with van der Waals surface area (Å²) in [5.41, 5.74) is 7.78. The van der Waals surface area contributed by atoms with Gasteiger partial charge < -0.3 is 24.5 Å². The molecule has 2 aromatic carbocycles. The summed E-state index contributed by atoms with van der Waals surface area (Å²) in [6.07, 6.45) is 0.120. The average Bonchev–Trinajstić information content (AvgIpc) is 3.04. The van der Waals surface area contributed by atoms with Crippen LogP contribution in [0.5, 0.6) is 0 Å². The van der Waals surface area contributed by atoms with Gasteiger partial charge in [-0.3, -0.25) is 4.79 Å². The number of carbonyl (C=O) groups is 2. The number of hydrogen-bond donors (Lipinski definition) is 1. The topological polar surface area (TPSA) is 97.1 Å². The molecule has 0 saturated carbocycles. The van der Waals surface area contributed by atoms with Gasteiger partial charge in [-0.05, 0) is 62.8 Å². The van der Waals surface area contributed by atoms with E-state index in [0.717, 1.165) is 17.1 Å². The van der Waals surface area contributed by atoms with Crippen LogP contribution in [-0.4, -0.2) is 51.0 Å². The molecule has 0 unspecified atom stereocenters. The third kappa shape index (κ3) is 7.77. The molecule has 1 aliphatic heterocycles. The maximum absolute atomic E-state index is 13.1. The van der Waals surface area contributed by atoms with E-state index in [2.05, 4.69) is 19.6 Å². The average molecular weight is 526 g/mol. The lowest BCUT2D eigenvalue weighted by molar-refractivity contribution is -0.144. The summed E-state index contributed by atoms with van der Waals surface area (Å²) in [5.74, 6) is -0.971. The molecule has 7 nitrogen and oxygen atoms in total. The normalized spacial score (nSPS) is 17.4. The van der Waals surface area contributed by atoms with Gasteiger partial charge >= 0.3 is 19.1 Å². The molecule has 1 fully saturated rings. The Bertz CT molecular complexity index is 1080. The fraction of sp³-hybridized carbons (Fsp3) is 0.500. The zero-order valence-corrected chi connectivity index (χ0v) is 24.1. The molecule has 37 heavy (non-hydrogen) atoms. The van der Waals surface area contributed by atoms with Crippen LogP contribution in [0.1, 0.15) is 49.2 Å². The number of ether oxygens (including phenoxy) is 2. The molecule has 9 heteroatoms. The number of esters is 2. The van der Waals surface area contributed by atoms with Gasteiger partial charge in [0.15, 0.2) is 0 Å². The van der Waals surface area contributed by atoms with E-state index >= 15 is 0 Å². The molecule has 0 radical (unpaired) electrons. The van der Waals surface area contributed by atoms with Gasteiger partial charge in [-0.1, -0.05) is 62.1 Å². The number of benzene rings is 2. The Morgan fingerprint density at radius 1 is 0.973 bits per heavy atom. The Morgan fingerprint density at radius 3 is 2.19 bits per heavy atom. The van der Waals surface area contributed by atoms with E-state index in [1.165, 1.54) is 0 Å². The fourth-order valence-corrected chi connectivity index (χ4v) is 4.51. The van der Waals surface area contributed by atoms with Crippen LogP contribution in [0.3, 0.4) is 0 Å². The van der Waals surface area contributed by atoms with Gasteiger partial charge in [-0.25, -0.2) is 4.79 Å². The molecule has 0 aliphatic carbocycles. The third-order valence-corrected chi connectivity index (χ3v) is 8.63. The minimum Gasteiger partial charge on any atom is -0.465 e. The quantitative estimate of drug-likeness (QED) is 0.369. The Labute approximate surface area is 222 Å². The van der Waals surface area contributed by atoms with E-state index in [9.17, 15) is 9.59 Å². The number of nitrogens with two attached hydrogens (primary N) is 1. The van der Waals surface area contributed by atoms with E-state index in [1.807, 2.05) is 64.1 Å². The predicted octanol–water partition coefficient (Wildman–Crippen LogP) is 4.09. The lowest BCUT2D eigenvalue weighted by atomic mass is 9.77. The molecule has 0 bridgehead atoms. The predicted molar refractivity (Wildman–Crippen MR) is 149 cm³/mol. The highest BCUT2D eigenvalue weighted by Gasteiger charge is 2.51. The van der Waals surface area contributed by atoms with E-state index in [4.69, 9.17) is 24.5 Å². The second-order valence-corrected chi connectivity index (χ2v) is 17.5. The molecule has 3 rings (SSSR count). The van der Waals surface area contributed by atoms with Crippen molar-refractivity contribution in [3.05, 3.63) is 65.2 Å². The molecule has 0 amide bonds. The maximum atomic E-state index is 13.1. The standard InChI is InChI=1S/C28H40BNO6Si/c1-27(2)28(3,4)36-29(35-27)22-13-14-23(25(31)34-19-20-11-9-8-10-12-20)21(17-22)18-24(30)26(32)33-15-16-37(5,6)7/h8-14,17,24H,15-16,18-19,30H2,1-7H3/t24-/m0/s1. The van der Waals surface area contributed by atoms with Crippen LogP contribution >= 0.6 is 0 Å². The number of carbonyl (C=O) groups excluding carboxylic acids is 2. The summed E-state index contributed by atoms with van der Waals surface area (Å²) in [5, 5.41) is 0. The SMILES string of the molecule is CC1(C)OB(c2ccc(C(=O)OCc3ccccc3)c(C[C@H](N)C(=O)OCC[Si](C)(C)C)c2)OC1(C)C. The van der Waals surface area contributed by atoms with Gasteiger partial charge in [0.25, 0.3) is 0 Å². The van der Waals surface area contributed by atoms with Crippen molar-refractivity contribution in [1.82, 2.24) is 0 Å². The van der Waals surface area contributed by atoms with Crippen LogP contribution in [0.15, 0.2) is 48.5 Å². The van der Waals surface area contributed by atoms with Crippen LogP contribution in [0.25, 0.3) is 0 Å². The summed E-state index contributed by atoms with van der Waals surface area (Å²) in [6, 6.07) is 14.7. The molecular formula is C28H40BNO6Si. The van der Waals surface area contributed by atoms with Crippen LogP contribution in [0, 0.1) is 0 Å². The van der Waals surface area contributed by atoms with Gasteiger partial charge in [0, 0.05) is 8.07 Å². The van der Waals surface area contributed by atoms with Gasteiger partial charge in [0.05, 0.1) is 23.4 Å². The minimum absolute atomic E-state index is 0.120. The molecule has 1 saturated heterocycles. The number of hydrogen-bond acceptors (Lipinski definition) is 7. The van der Waals surface area contributed by atoms with Crippen molar-refractivity contribution in [2.45, 2.75) is 83.7 Å². The smallest absolute Gasteiger partial charge is 0.465 e.